The molecule has 0 aromatic carbocycles. The van der Waals surface area contributed by atoms with E-state index in [1.165, 1.54) is 5.57 Å². The lowest BCUT2D eigenvalue weighted by Gasteiger charge is -2.31. The number of allylic oxidation sites excluding steroid dienone is 3. The van der Waals surface area contributed by atoms with Gasteiger partial charge in [0.25, 0.3) is 0 Å². The van der Waals surface area contributed by atoms with Crippen molar-refractivity contribution in [2.45, 2.75) is 59.5 Å². The molecule has 0 amide bonds. The first-order valence-electron chi connectivity index (χ1n) is 6.87. The van der Waals surface area contributed by atoms with Crippen LogP contribution in [0.1, 0.15) is 47.5 Å². The molecule has 0 spiro atoms. The Balaban J connectivity index is 3.24. The zero-order chi connectivity index (χ0) is 14.6. The molecule has 0 aromatic rings. The topological polar surface area (TPSA) is 52.9 Å². The Kier molecular flexibility index (Phi) is 5.33. The summed E-state index contributed by atoms with van der Waals surface area (Å²) in [4.78, 5) is 17.7. The second kappa shape index (κ2) is 6.55. The highest BCUT2D eigenvalue weighted by Gasteiger charge is 2.27. The van der Waals surface area contributed by atoms with Gasteiger partial charge in [-0.3, -0.25) is 4.99 Å². The Hall–Kier alpha value is -1.58. The first kappa shape index (κ1) is 15.5. The quantitative estimate of drug-likeness (QED) is 0.626. The Bertz CT molecular complexity index is 431. The van der Waals surface area contributed by atoms with Crippen molar-refractivity contribution < 1.29 is 9.90 Å². The molecule has 0 atom stereocenters. The second-order valence-electron chi connectivity index (χ2n) is 5.25. The molecule has 0 heterocycles. The molecule has 19 heavy (non-hydrogen) atoms. The van der Waals surface area contributed by atoms with Crippen LogP contribution in [0.25, 0.3) is 0 Å². The Morgan fingerprint density at radius 1 is 1.42 bits per heavy atom. The van der Waals surface area contributed by atoms with Crippen LogP contribution >= 0.6 is 0 Å². The van der Waals surface area contributed by atoms with Crippen LogP contribution in [0, 0.1) is 0 Å². The van der Waals surface area contributed by atoms with Gasteiger partial charge in [-0.1, -0.05) is 19.1 Å². The van der Waals surface area contributed by atoms with Gasteiger partial charge in [-0.25, -0.2) is 4.79 Å². The Morgan fingerprint density at radius 2 is 2.05 bits per heavy atom. The van der Waals surface area contributed by atoms with E-state index in [9.17, 15) is 9.90 Å². The number of hydrogen-bond donors (Lipinski definition) is 1. The molecule has 0 fully saturated rings. The lowest BCUT2D eigenvalue weighted by Crippen LogP contribution is -2.41. The highest BCUT2D eigenvalue weighted by Crippen LogP contribution is 2.27. The van der Waals surface area contributed by atoms with E-state index in [4.69, 9.17) is 0 Å². The van der Waals surface area contributed by atoms with Gasteiger partial charge in [-0.2, -0.15) is 0 Å². The summed E-state index contributed by atoms with van der Waals surface area (Å²) in [5, 5.41) is 9.45. The normalized spacial score (nSPS) is 15.8. The van der Waals surface area contributed by atoms with Gasteiger partial charge < -0.3 is 10.0 Å². The van der Waals surface area contributed by atoms with Crippen LogP contribution in [0.4, 0.5) is 0 Å². The Labute approximate surface area is 115 Å². The molecule has 4 nitrogen and oxygen atoms in total. The highest BCUT2D eigenvalue weighted by atomic mass is 16.4. The fourth-order valence-electron chi connectivity index (χ4n) is 2.26. The third-order valence-corrected chi connectivity index (χ3v) is 2.99. The van der Waals surface area contributed by atoms with Crippen LogP contribution in [0.15, 0.2) is 28.4 Å². The molecule has 1 aliphatic rings. The van der Waals surface area contributed by atoms with Crippen molar-refractivity contribution in [2.75, 3.05) is 0 Å². The van der Waals surface area contributed by atoms with Gasteiger partial charge in [0.2, 0.25) is 5.84 Å². The van der Waals surface area contributed by atoms with Crippen molar-refractivity contribution in [2.24, 2.45) is 4.99 Å². The van der Waals surface area contributed by atoms with E-state index < -0.39 is 5.97 Å². The van der Waals surface area contributed by atoms with E-state index in [1.54, 1.807) is 0 Å². The zero-order valence-corrected chi connectivity index (χ0v) is 12.5. The van der Waals surface area contributed by atoms with Crippen molar-refractivity contribution >= 4 is 11.8 Å². The monoisotopic (exact) mass is 264 g/mol. The minimum atomic E-state index is -0.961. The van der Waals surface area contributed by atoms with Crippen molar-refractivity contribution in [1.82, 2.24) is 4.90 Å². The van der Waals surface area contributed by atoms with Gasteiger partial charge in [0, 0.05) is 24.2 Å². The van der Waals surface area contributed by atoms with Gasteiger partial charge in [-0.05, 0) is 39.7 Å². The summed E-state index contributed by atoms with van der Waals surface area (Å²) in [5.74, 6) is -0.813. The minimum Gasteiger partial charge on any atom is -0.475 e. The molecule has 1 rings (SSSR count). The van der Waals surface area contributed by atoms with Gasteiger partial charge >= 0.3 is 5.97 Å². The molecule has 4 heteroatoms. The molecule has 0 unspecified atom stereocenters. The molecular formula is C15H24N2O2. The van der Waals surface area contributed by atoms with Gasteiger partial charge in [0.1, 0.15) is 0 Å². The first-order valence-corrected chi connectivity index (χ1v) is 6.87. The highest BCUT2D eigenvalue weighted by molar-refractivity contribution is 6.34. The SMILES string of the molecule is CCC1=C(N(C(=NC(C)C)C(=O)O)C(C)C)CC=C1. The summed E-state index contributed by atoms with van der Waals surface area (Å²) in [7, 11) is 0. The molecular weight excluding hydrogens is 240 g/mol. The summed E-state index contributed by atoms with van der Waals surface area (Å²) in [6.45, 7) is 9.87. The summed E-state index contributed by atoms with van der Waals surface area (Å²) in [6, 6.07) is 0.0393. The average Bonchev–Trinajstić information content (AvgIpc) is 2.75. The number of carbonyl (C=O) groups is 1. The van der Waals surface area contributed by atoms with Crippen molar-refractivity contribution in [3.8, 4) is 0 Å². The number of carboxylic acids is 1. The first-order chi connectivity index (χ1) is 8.88. The summed E-state index contributed by atoms with van der Waals surface area (Å²) in [5.41, 5.74) is 2.27. The van der Waals surface area contributed by atoms with E-state index in [1.807, 2.05) is 32.6 Å². The maximum atomic E-state index is 11.5. The molecule has 106 valence electrons. The van der Waals surface area contributed by atoms with Gasteiger partial charge in [0.15, 0.2) is 0 Å². The summed E-state index contributed by atoms with van der Waals surface area (Å²) < 4.78 is 0. The van der Waals surface area contributed by atoms with Crippen LogP contribution in [0.5, 0.6) is 0 Å². The van der Waals surface area contributed by atoms with E-state index in [2.05, 4.69) is 24.1 Å². The van der Waals surface area contributed by atoms with E-state index in [0.29, 0.717) is 0 Å². The molecule has 0 saturated carbocycles. The lowest BCUT2D eigenvalue weighted by molar-refractivity contribution is -0.130. The molecule has 1 N–H and O–H groups in total. The van der Waals surface area contributed by atoms with Crippen LogP contribution in [-0.2, 0) is 4.79 Å². The predicted molar refractivity (Wildman–Crippen MR) is 78.3 cm³/mol. The number of aliphatic imine (C=N–C) groups is 1. The third kappa shape index (κ3) is 3.69. The third-order valence-electron chi connectivity index (χ3n) is 2.99. The minimum absolute atomic E-state index is 0.0348. The van der Waals surface area contributed by atoms with E-state index in [-0.39, 0.29) is 17.9 Å². The maximum Gasteiger partial charge on any atom is 0.371 e. The number of rotatable bonds is 4. The molecule has 0 saturated heterocycles. The fourth-order valence-corrected chi connectivity index (χ4v) is 2.26. The molecule has 0 aliphatic heterocycles. The molecule has 0 bridgehead atoms. The van der Waals surface area contributed by atoms with Crippen LogP contribution in [0.2, 0.25) is 0 Å². The zero-order valence-electron chi connectivity index (χ0n) is 12.5. The smallest absolute Gasteiger partial charge is 0.371 e. The number of amidine groups is 1. The average molecular weight is 264 g/mol. The predicted octanol–water partition coefficient (Wildman–Crippen LogP) is 3.21. The number of carboxylic acid groups (broad SMARTS) is 1. The van der Waals surface area contributed by atoms with Crippen LogP contribution in [0.3, 0.4) is 0 Å². The standard InChI is InChI=1S/C15H24N2O2/c1-6-12-8-7-9-13(12)17(11(4)5)14(15(18)19)16-10(2)3/h7-8,10-11H,6,9H2,1-5H3,(H,18,19). The summed E-state index contributed by atoms with van der Waals surface area (Å²) >= 11 is 0. The molecule has 0 radical (unpaired) electrons. The molecule has 0 aromatic heterocycles. The number of nitrogens with zero attached hydrogens (tertiary/aromatic N) is 2. The maximum absolute atomic E-state index is 11.5. The fraction of sp³-hybridized carbons (Fsp3) is 0.600. The lowest BCUT2D eigenvalue weighted by atomic mass is 10.1. The van der Waals surface area contributed by atoms with Crippen molar-refractivity contribution in [3.63, 3.8) is 0 Å². The van der Waals surface area contributed by atoms with E-state index >= 15 is 0 Å². The van der Waals surface area contributed by atoms with Gasteiger partial charge in [0.05, 0.1) is 0 Å². The van der Waals surface area contributed by atoms with Gasteiger partial charge in [-0.15, -0.1) is 0 Å². The van der Waals surface area contributed by atoms with E-state index in [0.717, 1.165) is 18.5 Å². The second-order valence-corrected chi connectivity index (χ2v) is 5.25. The molecule has 1 aliphatic carbocycles. The summed E-state index contributed by atoms with van der Waals surface area (Å²) in [6.07, 6.45) is 5.85. The van der Waals surface area contributed by atoms with Crippen molar-refractivity contribution in [1.29, 1.82) is 0 Å². The number of aliphatic carboxylic acids is 1. The number of hydrogen-bond acceptors (Lipinski definition) is 2. The van der Waals surface area contributed by atoms with Crippen molar-refractivity contribution in [3.05, 3.63) is 23.4 Å². The Morgan fingerprint density at radius 3 is 2.47 bits per heavy atom. The van der Waals surface area contributed by atoms with Crippen LogP contribution < -0.4 is 0 Å². The van der Waals surface area contributed by atoms with Crippen LogP contribution in [-0.4, -0.2) is 33.9 Å². The largest absolute Gasteiger partial charge is 0.475 e.